The lowest BCUT2D eigenvalue weighted by molar-refractivity contribution is -0.125. The fourth-order valence-electron chi connectivity index (χ4n) is 0. The van der Waals surface area contributed by atoms with Gasteiger partial charge in [0.05, 0.1) is 6.61 Å². The lowest BCUT2D eigenvalue weighted by Gasteiger charge is -1.68. The van der Waals surface area contributed by atoms with Gasteiger partial charge >= 0.3 is 0 Å². The van der Waals surface area contributed by atoms with Gasteiger partial charge in [0.25, 0.3) is 0 Å². The summed E-state index contributed by atoms with van der Waals surface area (Å²) in [6.45, 7) is 1.74. The molecule has 0 aromatic heterocycles. The molecular formula is C2H5FO. The molecule has 0 radical (unpaired) electrons. The molecule has 0 amide bonds. The lowest BCUT2D eigenvalue weighted by atomic mass is 10.9. The van der Waals surface area contributed by atoms with Gasteiger partial charge < -0.3 is 0 Å². The van der Waals surface area contributed by atoms with E-state index in [1.54, 1.807) is 6.92 Å². The van der Waals surface area contributed by atoms with Crippen LogP contribution in [-0.4, -0.2) is 6.61 Å². The summed E-state index contributed by atoms with van der Waals surface area (Å²) in [6, 6.07) is 0. The van der Waals surface area contributed by atoms with E-state index in [2.05, 4.69) is 4.94 Å². The van der Waals surface area contributed by atoms with Crippen LogP contribution in [0, 0.1) is 0 Å². The highest BCUT2D eigenvalue weighted by Gasteiger charge is 1.57. The van der Waals surface area contributed by atoms with E-state index in [1.165, 1.54) is 0 Å². The summed E-state index contributed by atoms with van der Waals surface area (Å²) in [7, 11) is 0. The monoisotopic (exact) mass is 64.0 g/mol. The topological polar surface area (TPSA) is 9.23 Å². The Labute approximate surface area is 24.3 Å². The van der Waals surface area contributed by atoms with Gasteiger partial charge in [0.1, 0.15) is 0 Å². The Morgan fingerprint density at radius 1 is 2.00 bits per heavy atom. The first kappa shape index (κ1) is 3.89. The summed E-state index contributed by atoms with van der Waals surface area (Å²) in [4.78, 5) is 3.04. The van der Waals surface area contributed by atoms with Crippen LogP contribution in [0.1, 0.15) is 6.92 Å². The maximum Gasteiger partial charge on any atom is 0.0848 e. The van der Waals surface area contributed by atoms with E-state index in [4.69, 9.17) is 0 Å². The smallest absolute Gasteiger partial charge is 0.0848 e. The van der Waals surface area contributed by atoms with Crippen LogP contribution in [0.15, 0.2) is 0 Å². The number of rotatable bonds is 1. The van der Waals surface area contributed by atoms with Gasteiger partial charge in [-0.05, 0) is 11.4 Å². The van der Waals surface area contributed by atoms with Crippen LogP contribution in [0.5, 0.6) is 0 Å². The Balaban J connectivity index is 1.97. The Hall–Kier alpha value is -0.110. The summed E-state index contributed by atoms with van der Waals surface area (Å²) in [5.41, 5.74) is 0. The van der Waals surface area contributed by atoms with Crippen LogP contribution in [0.3, 0.4) is 0 Å². The molecule has 2 heteroatoms. The van der Waals surface area contributed by atoms with Crippen molar-refractivity contribution in [1.82, 2.24) is 0 Å². The predicted octanol–water partition coefficient (Wildman–Crippen LogP) is 0.907. The average Bonchev–Trinajstić information content (AvgIpc) is 1.37. The van der Waals surface area contributed by atoms with Gasteiger partial charge in [-0.15, -0.1) is 0 Å². The first-order valence-electron chi connectivity index (χ1n) is 1.15. The van der Waals surface area contributed by atoms with Crippen LogP contribution < -0.4 is 0 Å². The van der Waals surface area contributed by atoms with Gasteiger partial charge in [-0.3, -0.25) is 0 Å². The zero-order chi connectivity index (χ0) is 3.41. The minimum Gasteiger partial charge on any atom is -0.195 e. The van der Waals surface area contributed by atoms with E-state index < -0.39 is 0 Å². The third kappa shape index (κ3) is 1.89. The van der Waals surface area contributed by atoms with Crippen molar-refractivity contribution in [2.24, 2.45) is 0 Å². The van der Waals surface area contributed by atoms with Crippen LogP contribution in [0.4, 0.5) is 4.53 Å². The van der Waals surface area contributed by atoms with Crippen molar-refractivity contribution in [3.63, 3.8) is 0 Å². The molecule has 4 heavy (non-hydrogen) atoms. The van der Waals surface area contributed by atoms with Crippen LogP contribution >= 0.6 is 0 Å². The van der Waals surface area contributed by atoms with Crippen LogP contribution in [-0.2, 0) is 4.94 Å². The zero-order valence-corrected chi connectivity index (χ0v) is 2.49. The Bertz CT molecular complexity index is 8.00. The molecule has 0 bridgehead atoms. The van der Waals surface area contributed by atoms with Crippen molar-refractivity contribution < 1.29 is 9.47 Å². The number of halogens is 1. The molecule has 0 saturated heterocycles. The van der Waals surface area contributed by atoms with Gasteiger partial charge in [-0.2, -0.15) is 4.94 Å². The molecule has 0 heterocycles. The molecule has 0 saturated carbocycles. The zero-order valence-electron chi connectivity index (χ0n) is 2.49. The van der Waals surface area contributed by atoms with E-state index in [1.807, 2.05) is 0 Å². The summed E-state index contributed by atoms with van der Waals surface area (Å²) < 4.78 is 10.2. The maximum absolute atomic E-state index is 10.2. The highest BCUT2D eigenvalue weighted by Crippen LogP contribution is 1.63. The third-order valence-electron chi connectivity index (χ3n) is 0.109. The van der Waals surface area contributed by atoms with Gasteiger partial charge in [0.2, 0.25) is 0 Å². The SMILES string of the molecule is CCOF. The van der Waals surface area contributed by atoms with Gasteiger partial charge in [-0.25, -0.2) is 0 Å². The van der Waals surface area contributed by atoms with Crippen molar-refractivity contribution in [1.29, 1.82) is 0 Å². The molecule has 0 atom stereocenters. The largest absolute Gasteiger partial charge is 0.195 e. The van der Waals surface area contributed by atoms with E-state index in [9.17, 15) is 4.53 Å². The first-order valence-corrected chi connectivity index (χ1v) is 1.15. The third-order valence-corrected chi connectivity index (χ3v) is 0.109. The fraction of sp³-hybridized carbons (Fsp3) is 1.00. The van der Waals surface area contributed by atoms with E-state index in [0.29, 0.717) is 0 Å². The Morgan fingerprint density at radius 2 is 2.25 bits per heavy atom. The summed E-state index contributed by atoms with van der Waals surface area (Å²) >= 11 is 0. The molecule has 0 aromatic rings. The second kappa shape index (κ2) is 2.89. The van der Waals surface area contributed by atoms with Gasteiger partial charge in [0.15, 0.2) is 0 Å². The molecule has 0 rings (SSSR count). The van der Waals surface area contributed by atoms with E-state index in [-0.39, 0.29) is 6.61 Å². The van der Waals surface area contributed by atoms with Crippen LogP contribution in [0.25, 0.3) is 0 Å². The second-order valence-corrected chi connectivity index (χ2v) is 0.398. The highest BCUT2D eigenvalue weighted by molar-refractivity contribution is 3.89. The molecule has 0 spiro atoms. The molecule has 26 valence electrons. The fourth-order valence-corrected chi connectivity index (χ4v) is 0. The van der Waals surface area contributed by atoms with Crippen molar-refractivity contribution in [2.75, 3.05) is 6.61 Å². The summed E-state index contributed by atoms with van der Waals surface area (Å²) in [6.07, 6.45) is 0. The van der Waals surface area contributed by atoms with E-state index in [0.717, 1.165) is 0 Å². The Kier molecular flexibility index (Phi) is 2.81. The van der Waals surface area contributed by atoms with Gasteiger partial charge in [0, 0.05) is 0 Å². The molecule has 0 unspecified atom stereocenters. The number of hydrogen-bond donors (Lipinski definition) is 0. The highest BCUT2D eigenvalue weighted by atomic mass is 19.3. The first-order chi connectivity index (χ1) is 1.91. The molecule has 0 fully saturated rings. The second-order valence-electron chi connectivity index (χ2n) is 0.398. The van der Waals surface area contributed by atoms with Crippen molar-refractivity contribution >= 4 is 0 Å². The summed E-state index contributed by atoms with van der Waals surface area (Å²) in [5, 5.41) is 0. The lowest BCUT2D eigenvalue weighted by Crippen LogP contribution is -1.66. The predicted molar refractivity (Wildman–Crippen MR) is 12.7 cm³/mol. The summed E-state index contributed by atoms with van der Waals surface area (Å²) in [5.74, 6) is 0. The van der Waals surface area contributed by atoms with Crippen LogP contribution in [0.2, 0.25) is 0 Å². The average molecular weight is 64.1 g/mol. The standard InChI is InChI=1S/C2H5FO/c1-2-4-3/h2H2,1H3. The van der Waals surface area contributed by atoms with E-state index >= 15 is 0 Å². The molecule has 1 nitrogen and oxygen atoms in total. The maximum atomic E-state index is 10.2. The molecule has 0 aliphatic heterocycles. The van der Waals surface area contributed by atoms with Crippen molar-refractivity contribution in [2.45, 2.75) is 6.92 Å². The molecular weight excluding hydrogens is 59.0 g/mol. The molecule has 0 N–H and O–H groups in total. The van der Waals surface area contributed by atoms with Crippen molar-refractivity contribution in [3.05, 3.63) is 0 Å². The quantitative estimate of drug-likeness (QED) is 0.440. The minimum atomic E-state index is 0.153. The van der Waals surface area contributed by atoms with Gasteiger partial charge in [-0.1, -0.05) is 0 Å². The number of hydrogen-bond acceptors (Lipinski definition) is 1. The minimum absolute atomic E-state index is 0.153. The van der Waals surface area contributed by atoms with Crippen molar-refractivity contribution in [3.8, 4) is 0 Å². The molecule has 0 aromatic carbocycles. The molecule has 0 aliphatic carbocycles. The Morgan fingerprint density at radius 3 is 2.25 bits per heavy atom. The normalized spacial score (nSPS) is 7.50. The molecule has 0 aliphatic rings.